The molecule has 1 aromatic carbocycles. The molecule has 5 nitrogen and oxygen atoms in total. The predicted molar refractivity (Wildman–Crippen MR) is 87.5 cm³/mol. The van der Waals surface area contributed by atoms with E-state index in [1.54, 1.807) is 0 Å². The Kier molecular flexibility index (Phi) is 5.48. The number of sulfone groups is 2. The van der Waals surface area contributed by atoms with Gasteiger partial charge in [-0.3, -0.25) is 0 Å². The molecule has 1 N–H and O–H groups in total. The molecule has 0 bridgehead atoms. The van der Waals surface area contributed by atoms with Crippen molar-refractivity contribution in [2.75, 3.05) is 18.1 Å². The molecule has 23 heavy (non-hydrogen) atoms. The monoisotopic (exact) mass is 363 g/mol. The van der Waals surface area contributed by atoms with E-state index in [2.05, 4.69) is 5.32 Å². The van der Waals surface area contributed by atoms with Crippen LogP contribution in [0.15, 0.2) is 23.1 Å². The van der Waals surface area contributed by atoms with Crippen molar-refractivity contribution in [3.05, 3.63) is 29.6 Å². The molecule has 0 saturated carbocycles. The number of unbranched alkanes of at least 4 members (excludes halogenated alkanes) is 1. The van der Waals surface area contributed by atoms with Gasteiger partial charge in [0.25, 0.3) is 0 Å². The minimum atomic E-state index is -3.84. The molecule has 1 aliphatic heterocycles. The smallest absolute Gasteiger partial charge is 0.183 e. The number of aryl methyl sites for hydroxylation is 1. The second-order valence-electron chi connectivity index (χ2n) is 5.99. The normalized spacial score (nSPS) is 24.0. The van der Waals surface area contributed by atoms with Gasteiger partial charge in [0.1, 0.15) is 5.82 Å². The van der Waals surface area contributed by atoms with Crippen molar-refractivity contribution in [2.45, 2.75) is 42.9 Å². The third-order valence-electron chi connectivity index (χ3n) is 4.09. The zero-order valence-corrected chi connectivity index (χ0v) is 14.9. The van der Waals surface area contributed by atoms with Gasteiger partial charge in [-0.05, 0) is 43.7 Å². The molecule has 1 heterocycles. The molecule has 130 valence electrons. The fourth-order valence-electron chi connectivity index (χ4n) is 2.74. The number of benzene rings is 1. The Morgan fingerprint density at radius 3 is 2.61 bits per heavy atom. The van der Waals surface area contributed by atoms with E-state index in [4.69, 9.17) is 0 Å². The summed E-state index contributed by atoms with van der Waals surface area (Å²) in [5, 5.41) is 2.02. The van der Waals surface area contributed by atoms with E-state index >= 15 is 0 Å². The van der Waals surface area contributed by atoms with Crippen LogP contribution in [-0.4, -0.2) is 46.2 Å². The van der Waals surface area contributed by atoms with Crippen molar-refractivity contribution < 1.29 is 21.2 Å². The van der Waals surface area contributed by atoms with Crippen LogP contribution < -0.4 is 5.32 Å². The zero-order chi connectivity index (χ0) is 17.3. The van der Waals surface area contributed by atoms with Crippen LogP contribution in [0.5, 0.6) is 0 Å². The average molecular weight is 363 g/mol. The van der Waals surface area contributed by atoms with Crippen LogP contribution in [0.1, 0.15) is 25.3 Å². The lowest BCUT2D eigenvalue weighted by Crippen LogP contribution is -2.43. The molecule has 1 saturated heterocycles. The van der Waals surface area contributed by atoms with Gasteiger partial charge in [-0.2, -0.15) is 0 Å². The summed E-state index contributed by atoms with van der Waals surface area (Å²) in [5.41, 5.74) is 0.224. The molecule has 1 aliphatic rings. The van der Waals surface area contributed by atoms with Crippen molar-refractivity contribution >= 4 is 19.7 Å². The summed E-state index contributed by atoms with van der Waals surface area (Å²) in [4.78, 5) is -0.0270. The van der Waals surface area contributed by atoms with Crippen molar-refractivity contribution in [3.63, 3.8) is 0 Å². The highest BCUT2D eigenvalue weighted by atomic mass is 32.2. The van der Waals surface area contributed by atoms with Gasteiger partial charge in [0.15, 0.2) is 19.7 Å². The molecular formula is C15H22FNO4S2. The molecule has 0 aromatic heterocycles. The quantitative estimate of drug-likeness (QED) is 0.611. The van der Waals surface area contributed by atoms with Gasteiger partial charge >= 0.3 is 0 Å². The van der Waals surface area contributed by atoms with E-state index in [1.165, 1.54) is 19.1 Å². The van der Waals surface area contributed by atoms with Crippen LogP contribution in [0, 0.1) is 12.7 Å². The molecule has 2 unspecified atom stereocenters. The summed E-state index contributed by atoms with van der Waals surface area (Å²) in [6, 6.07) is 2.94. The number of hydrogen-bond acceptors (Lipinski definition) is 5. The van der Waals surface area contributed by atoms with Crippen molar-refractivity contribution in [1.82, 2.24) is 5.32 Å². The maximum absolute atomic E-state index is 13.4. The standard InChI is InChI=1S/C15H22FNO4S2/c1-3-4-7-17-14-9-22(18,19)10-15(14)23(20,21)12-5-6-13(16)11(2)8-12/h5-6,8,14-15,17H,3-4,7,9-10H2,1-2H3. The summed E-state index contributed by atoms with van der Waals surface area (Å²) in [7, 11) is -7.25. The lowest BCUT2D eigenvalue weighted by Gasteiger charge is -2.20. The van der Waals surface area contributed by atoms with Crippen molar-refractivity contribution in [1.29, 1.82) is 0 Å². The largest absolute Gasteiger partial charge is 0.312 e. The maximum Gasteiger partial charge on any atom is 0.183 e. The average Bonchev–Trinajstić information content (AvgIpc) is 2.78. The van der Waals surface area contributed by atoms with E-state index < -0.39 is 42.5 Å². The van der Waals surface area contributed by atoms with Gasteiger partial charge in [-0.25, -0.2) is 21.2 Å². The lowest BCUT2D eigenvalue weighted by atomic mass is 10.2. The van der Waals surface area contributed by atoms with E-state index in [9.17, 15) is 21.2 Å². The summed E-state index contributed by atoms with van der Waals surface area (Å²) in [6.07, 6.45) is 1.78. The Bertz CT molecular complexity index is 775. The van der Waals surface area contributed by atoms with Crippen LogP contribution >= 0.6 is 0 Å². The van der Waals surface area contributed by atoms with E-state index in [0.717, 1.165) is 18.9 Å². The molecule has 2 atom stereocenters. The summed E-state index contributed by atoms with van der Waals surface area (Å²) >= 11 is 0. The van der Waals surface area contributed by atoms with Crippen molar-refractivity contribution in [2.24, 2.45) is 0 Å². The Morgan fingerprint density at radius 2 is 2.00 bits per heavy atom. The molecule has 2 rings (SSSR count). The Labute approximate surface area is 137 Å². The third-order valence-corrected chi connectivity index (χ3v) is 8.24. The first-order valence-electron chi connectivity index (χ1n) is 7.61. The number of nitrogens with one attached hydrogen (secondary N) is 1. The molecule has 0 radical (unpaired) electrons. The minimum Gasteiger partial charge on any atom is -0.312 e. The van der Waals surface area contributed by atoms with Gasteiger partial charge in [0, 0.05) is 6.04 Å². The van der Waals surface area contributed by atoms with Gasteiger partial charge in [-0.1, -0.05) is 13.3 Å². The highest BCUT2D eigenvalue weighted by Gasteiger charge is 2.45. The minimum absolute atomic E-state index is 0.0270. The second-order valence-corrected chi connectivity index (χ2v) is 10.3. The van der Waals surface area contributed by atoms with Crippen LogP contribution in [-0.2, 0) is 19.7 Å². The van der Waals surface area contributed by atoms with Crippen LogP contribution in [0.2, 0.25) is 0 Å². The lowest BCUT2D eigenvalue weighted by molar-refractivity contribution is 0.518. The fourth-order valence-corrected chi connectivity index (χ4v) is 7.54. The maximum atomic E-state index is 13.4. The number of halogens is 1. The molecule has 0 amide bonds. The summed E-state index contributed by atoms with van der Waals surface area (Å²) in [6.45, 7) is 4.06. The summed E-state index contributed by atoms with van der Waals surface area (Å²) < 4.78 is 62.8. The first-order chi connectivity index (χ1) is 10.7. The first kappa shape index (κ1) is 18.4. The molecule has 1 fully saturated rings. The van der Waals surface area contributed by atoms with Crippen molar-refractivity contribution in [3.8, 4) is 0 Å². The predicted octanol–water partition coefficient (Wildman–Crippen LogP) is 1.46. The van der Waals surface area contributed by atoms with Gasteiger partial charge in [-0.15, -0.1) is 0 Å². The molecule has 0 spiro atoms. The molecule has 0 aliphatic carbocycles. The molecular weight excluding hydrogens is 341 g/mol. The summed E-state index contributed by atoms with van der Waals surface area (Å²) in [5.74, 6) is -1.06. The highest BCUT2D eigenvalue weighted by Crippen LogP contribution is 2.27. The SMILES string of the molecule is CCCCNC1CS(=O)(=O)CC1S(=O)(=O)c1ccc(F)c(C)c1. The van der Waals surface area contributed by atoms with Crippen LogP contribution in [0.3, 0.4) is 0 Å². The van der Waals surface area contributed by atoms with Crippen LogP contribution in [0.25, 0.3) is 0 Å². The highest BCUT2D eigenvalue weighted by molar-refractivity contribution is 7.96. The van der Waals surface area contributed by atoms with E-state index in [0.29, 0.717) is 6.54 Å². The Hall–Kier alpha value is -0.990. The van der Waals surface area contributed by atoms with Gasteiger partial charge in [0.2, 0.25) is 0 Å². The molecule has 8 heteroatoms. The Morgan fingerprint density at radius 1 is 1.30 bits per heavy atom. The zero-order valence-electron chi connectivity index (χ0n) is 13.2. The van der Waals surface area contributed by atoms with E-state index in [-0.39, 0.29) is 16.2 Å². The first-order valence-corrected chi connectivity index (χ1v) is 11.0. The fraction of sp³-hybridized carbons (Fsp3) is 0.600. The Balaban J connectivity index is 2.33. The number of hydrogen-bond donors (Lipinski definition) is 1. The van der Waals surface area contributed by atoms with Gasteiger partial charge in [0.05, 0.1) is 21.7 Å². The second kappa shape index (κ2) is 6.86. The van der Waals surface area contributed by atoms with Crippen LogP contribution in [0.4, 0.5) is 4.39 Å². The number of rotatable bonds is 6. The topological polar surface area (TPSA) is 80.3 Å². The van der Waals surface area contributed by atoms with Gasteiger partial charge < -0.3 is 5.32 Å². The third kappa shape index (κ3) is 4.10. The van der Waals surface area contributed by atoms with E-state index in [1.807, 2.05) is 6.92 Å². The molecule has 1 aromatic rings.